The molecular formula is C13H16N4O. The first-order valence-electron chi connectivity index (χ1n) is 5.67. The number of nitrogen functional groups attached to an aromatic ring is 1. The Balaban J connectivity index is 2.28. The maximum Gasteiger partial charge on any atom is 0.259 e. The average molecular weight is 244 g/mol. The van der Waals surface area contributed by atoms with E-state index in [1.54, 1.807) is 13.0 Å². The standard InChI is InChI=1S/C13H16N4O/c1-7-4-8(2)12(5-11(7)14)16-13(18)10-6-15-17-9(10)3/h4-6H,14H2,1-3H3,(H,15,17)(H,16,18). The van der Waals surface area contributed by atoms with Crippen molar-refractivity contribution in [3.8, 4) is 0 Å². The van der Waals surface area contributed by atoms with Crippen molar-refractivity contribution in [3.05, 3.63) is 40.7 Å². The molecule has 1 aromatic heterocycles. The Hall–Kier alpha value is -2.30. The van der Waals surface area contributed by atoms with Gasteiger partial charge in [-0.3, -0.25) is 9.89 Å². The van der Waals surface area contributed by atoms with Crippen LogP contribution in [0.4, 0.5) is 11.4 Å². The van der Waals surface area contributed by atoms with Crippen molar-refractivity contribution in [3.63, 3.8) is 0 Å². The minimum absolute atomic E-state index is 0.187. The topological polar surface area (TPSA) is 83.8 Å². The second kappa shape index (κ2) is 4.52. The number of amides is 1. The maximum absolute atomic E-state index is 12.0. The van der Waals surface area contributed by atoms with Gasteiger partial charge in [0, 0.05) is 17.1 Å². The summed E-state index contributed by atoms with van der Waals surface area (Å²) in [4.78, 5) is 12.0. The van der Waals surface area contributed by atoms with E-state index < -0.39 is 0 Å². The summed E-state index contributed by atoms with van der Waals surface area (Å²) >= 11 is 0. The summed E-state index contributed by atoms with van der Waals surface area (Å²) in [6, 6.07) is 3.73. The second-order valence-electron chi connectivity index (χ2n) is 4.39. The SMILES string of the molecule is Cc1cc(C)c(NC(=O)c2cn[nH]c2C)cc1N. The molecule has 1 heterocycles. The zero-order chi connectivity index (χ0) is 13.3. The molecule has 0 aliphatic heterocycles. The molecule has 0 aliphatic rings. The van der Waals surface area contributed by atoms with Gasteiger partial charge < -0.3 is 11.1 Å². The predicted octanol–water partition coefficient (Wildman–Crippen LogP) is 2.17. The van der Waals surface area contributed by atoms with Gasteiger partial charge in [-0.25, -0.2) is 0 Å². The van der Waals surface area contributed by atoms with Crippen LogP contribution >= 0.6 is 0 Å². The summed E-state index contributed by atoms with van der Waals surface area (Å²) in [6.45, 7) is 5.68. The molecule has 0 aliphatic carbocycles. The highest BCUT2D eigenvalue weighted by Gasteiger charge is 2.12. The number of aromatic amines is 1. The summed E-state index contributed by atoms with van der Waals surface area (Å²) < 4.78 is 0. The van der Waals surface area contributed by atoms with Crippen LogP contribution in [0.25, 0.3) is 0 Å². The number of H-pyrrole nitrogens is 1. The molecule has 0 radical (unpaired) electrons. The van der Waals surface area contributed by atoms with E-state index in [4.69, 9.17) is 5.73 Å². The number of nitrogens with one attached hydrogen (secondary N) is 2. The number of benzene rings is 1. The summed E-state index contributed by atoms with van der Waals surface area (Å²) in [5.41, 5.74) is 10.5. The molecule has 4 N–H and O–H groups in total. The molecule has 0 atom stereocenters. The van der Waals surface area contributed by atoms with Crippen molar-refractivity contribution in [2.45, 2.75) is 20.8 Å². The number of aromatic nitrogens is 2. The molecule has 18 heavy (non-hydrogen) atoms. The van der Waals surface area contributed by atoms with Gasteiger partial charge in [0.05, 0.1) is 11.8 Å². The van der Waals surface area contributed by atoms with Crippen LogP contribution in [0.2, 0.25) is 0 Å². The van der Waals surface area contributed by atoms with Crippen LogP contribution in [-0.4, -0.2) is 16.1 Å². The van der Waals surface area contributed by atoms with E-state index in [1.807, 2.05) is 19.9 Å². The smallest absolute Gasteiger partial charge is 0.259 e. The van der Waals surface area contributed by atoms with E-state index in [-0.39, 0.29) is 5.91 Å². The summed E-state index contributed by atoms with van der Waals surface area (Å²) in [5.74, 6) is -0.187. The van der Waals surface area contributed by atoms with Crippen molar-refractivity contribution in [2.24, 2.45) is 0 Å². The highest BCUT2D eigenvalue weighted by Crippen LogP contribution is 2.22. The minimum Gasteiger partial charge on any atom is -0.398 e. The van der Waals surface area contributed by atoms with Gasteiger partial charge in [-0.1, -0.05) is 6.07 Å². The molecular weight excluding hydrogens is 228 g/mol. The first-order valence-corrected chi connectivity index (χ1v) is 5.67. The van der Waals surface area contributed by atoms with E-state index >= 15 is 0 Å². The molecule has 5 nitrogen and oxygen atoms in total. The summed E-state index contributed by atoms with van der Waals surface area (Å²) in [6.07, 6.45) is 1.51. The highest BCUT2D eigenvalue weighted by molar-refractivity contribution is 6.05. The number of rotatable bonds is 2. The van der Waals surface area contributed by atoms with Crippen molar-refractivity contribution in [1.29, 1.82) is 0 Å². The first kappa shape index (κ1) is 12.2. The molecule has 94 valence electrons. The number of nitrogens with zero attached hydrogens (tertiary/aromatic N) is 1. The number of nitrogens with two attached hydrogens (primary N) is 1. The van der Waals surface area contributed by atoms with Crippen LogP contribution in [0.5, 0.6) is 0 Å². The molecule has 0 bridgehead atoms. The van der Waals surface area contributed by atoms with Crippen molar-refractivity contribution >= 4 is 17.3 Å². The van der Waals surface area contributed by atoms with Crippen molar-refractivity contribution in [2.75, 3.05) is 11.1 Å². The Morgan fingerprint density at radius 1 is 1.28 bits per heavy atom. The predicted molar refractivity (Wildman–Crippen MR) is 71.6 cm³/mol. The minimum atomic E-state index is -0.187. The fraction of sp³-hybridized carbons (Fsp3) is 0.231. The lowest BCUT2D eigenvalue weighted by atomic mass is 10.1. The molecule has 1 aromatic carbocycles. The number of aryl methyl sites for hydroxylation is 3. The largest absolute Gasteiger partial charge is 0.398 e. The van der Waals surface area contributed by atoms with E-state index in [0.717, 1.165) is 22.5 Å². The molecule has 0 unspecified atom stereocenters. The van der Waals surface area contributed by atoms with Gasteiger partial charge in [0.2, 0.25) is 0 Å². The molecule has 0 saturated heterocycles. The Morgan fingerprint density at radius 2 is 2.00 bits per heavy atom. The van der Waals surface area contributed by atoms with Gasteiger partial charge in [-0.15, -0.1) is 0 Å². The Morgan fingerprint density at radius 3 is 2.61 bits per heavy atom. The number of anilines is 2. The van der Waals surface area contributed by atoms with Gasteiger partial charge in [0.25, 0.3) is 5.91 Å². The summed E-state index contributed by atoms with van der Waals surface area (Å²) in [7, 11) is 0. The average Bonchev–Trinajstić information content (AvgIpc) is 2.72. The van der Waals surface area contributed by atoms with Gasteiger partial charge in [-0.05, 0) is 38.0 Å². The number of carbonyl (C=O) groups is 1. The monoisotopic (exact) mass is 244 g/mol. The fourth-order valence-corrected chi connectivity index (χ4v) is 1.77. The zero-order valence-electron chi connectivity index (χ0n) is 10.7. The van der Waals surface area contributed by atoms with Gasteiger partial charge in [0.1, 0.15) is 0 Å². The molecule has 0 saturated carbocycles. The third-order valence-corrected chi connectivity index (χ3v) is 2.94. The third kappa shape index (κ3) is 2.20. The van der Waals surface area contributed by atoms with Crippen LogP contribution < -0.4 is 11.1 Å². The molecule has 0 spiro atoms. The second-order valence-corrected chi connectivity index (χ2v) is 4.39. The Kier molecular flexibility index (Phi) is 3.06. The fourth-order valence-electron chi connectivity index (χ4n) is 1.77. The Labute approximate surface area is 105 Å². The molecule has 5 heteroatoms. The van der Waals surface area contributed by atoms with Crippen LogP contribution in [0.3, 0.4) is 0 Å². The lowest BCUT2D eigenvalue weighted by Crippen LogP contribution is -2.13. The van der Waals surface area contributed by atoms with Gasteiger partial charge in [-0.2, -0.15) is 5.10 Å². The zero-order valence-corrected chi connectivity index (χ0v) is 10.7. The number of hydrogen-bond donors (Lipinski definition) is 3. The van der Waals surface area contributed by atoms with Crippen molar-refractivity contribution < 1.29 is 4.79 Å². The molecule has 0 fully saturated rings. The van der Waals surface area contributed by atoms with Gasteiger partial charge >= 0.3 is 0 Å². The van der Waals surface area contributed by atoms with E-state index in [2.05, 4.69) is 15.5 Å². The molecule has 2 rings (SSSR count). The van der Waals surface area contributed by atoms with Crippen LogP contribution in [-0.2, 0) is 0 Å². The van der Waals surface area contributed by atoms with E-state index in [0.29, 0.717) is 11.3 Å². The highest BCUT2D eigenvalue weighted by atomic mass is 16.1. The Bertz CT molecular complexity index is 601. The lowest BCUT2D eigenvalue weighted by Gasteiger charge is -2.10. The van der Waals surface area contributed by atoms with E-state index in [1.165, 1.54) is 6.20 Å². The van der Waals surface area contributed by atoms with Crippen LogP contribution in [0, 0.1) is 20.8 Å². The molecule has 2 aromatic rings. The number of hydrogen-bond acceptors (Lipinski definition) is 3. The normalized spacial score (nSPS) is 10.4. The summed E-state index contributed by atoms with van der Waals surface area (Å²) in [5, 5.41) is 9.41. The first-order chi connectivity index (χ1) is 8.49. The van der Waals surface area contributed by atoms with Crippen LogP contribution in [0.15, 0.2) is 18.3 Å². The third-order valence-electron chi connectivity index (χ3n) is 2.94. The van der Waals surface area contributed by atoms with Crippen LogP contribution in [0.1, 0.15) is 27.2 Å². The molecule has 1 amide bonds. The lowest BCUT2D eigenvalue weighted by molar-refractivity contribution is 0.102. The van der Waals surface area contributed by atoms with Crippen molar-refractivity contribution in [1.82, 2.24) is 10.2 Å². The maximum atomic E-state index is 12.0. The number of carbonyl (C=O) groups excluding carboxylic acids is 1. The van der Waals surface area contributed by atoms with Gasteiger partial charge in [0.15, 0.2) is 0 Å². The van der Waals surface area contributed by atoms with E-state index in [9.17, 15) is 4.79 Å². The quantitative estimate of drug-likeness (QED) is 0.708.